The molecule has 0 saturated carbocycles. The van der Waals surface area contributed by atoms with Crippen LogP contribution in [0.4, 0.5) is 27.6 Å². The van der Waals surface area contributed by atoms with Crippen molar-refractivity contribution in [2.24, 2.45) is 0 Å². The summed E-state index contributed by atoms with van der Waals surface area (Å²) in [5.41, 5.74) is -1.35. The second-order valence-electron chi connectivity index (χ2n) is 9.02. The van der Waals surface area contributed by atoms with Crippen molar-refractivity contribution in [1.82, 2.24) is 0 Å². The van der Waals surface area contributed by atoms with E-state index in [0.717, 1.165) is 22.5 Å². The topological polar surface area (TPSA) is 72.9 Å². The van der Waals surface area contributed by atoms with Gasteiger partial charge in [0.1, 0.15) is 11.9 Å². The van der Waals surface area contributed by atoms with E-state index >= 15 is 0 Å². The minimum absolute atomic E-state index is 0.0409. The Bertz CT molecular complexity index is 1580. The maximum atomic E-state index is 13.7. The SMILES string of the molecule is COC(=O)CC[C@H]1CN(S(=O)(=O)c2cccc(C(F)F)c2)c2cc(/C=C/c3c(Cl)cccc3C(F)(F)F)ccc2O1. The van der Waals surface area contributed by atoms with E-state index < -0.39 is 45.8 Å². The molecule has 0 fully saturated rings. The average Bonchev–Trinajstić information content (AvgIpc) is 2.94. The van der Waals surface area contributed by atoms with E-state index in [4.69, 9.17) is 16.3 Å². The lowest BCUT2D eigenvalue weighted by Gasteiger charge is -2.35. The van der Waals surface area contributed by atoms with Gasteiger partial charge in [0.05, 0.1) is 29.8 Å². The summed E-state index contributed by atoms with van der Waals surface area (Å²) >= 11 is 6.04. The number of sulfonamides is 1. The van der Waals surface area contributed by atoms with Gasteiger partial charge in [-0.05, 0) is 48.4 Å². The predicted octanol–water partition coefficient (Wildman–Crippen LogP) is 7.38. The highest BCUT2D eigenvalue weighted by Gasteiger charge is 2.36. The van der Waals surface area contributed by atoms with Gasteiger partial charge in [0, 0.05) is 22.6 Å². The Hall–Kier alpha value is -3.64. The molecule has 1 aliphatic heterocycles. The van der Waals surface area contributed by atoms with Crippen molar-refractivity contribution in [3.63, 3.8) is 0 Å². The Labute approximate surface area is 238 Å². The number of halogens is 6. The van der Waals surface area contributed by atoms with Gasteiger partial charge in [0.15, 0.2) is 0 Å². The van der Waals surface area contributed by atoms with E-state index in [1.807, 2.05) is 0 Å². The van der Waals surface area contributed by atoms with E-state index in [2.05, 4.69) is 4.74 Å². The maximum absolute atomic E-state index is 13.7. The number of nitrogens with zero attached hydrogens (tertiary/aromatic N) is 1. The summed E-state index contributed by atoms with van der Waals surface area (Å²) < 4.78 is 106. The second kappa shape index (κ2) is 12.1. The molecule has 0 aromatic heterocycles. The molecular formula is C28H23ClF5NO5S. The molecule has 41 heavy (non-hydrogen) atoms. The number of hydrogen-bond donors (Lipinski definition) is 0. The highest BCUT2D eigenvalue weighted by molar-refractivity contribution is 7.92. The third-order valence-electron chi connectivity index (χ3n) is 6.31. The first-order chi connectivity index (χ1) is 19.3. The van der Waals surface area contributed by atoms with Crippen molar-refractivity contribution in [2.45, 2.75) is 36.4 Å². The van der Waals surface area contributed by atoms with Crippen LogP contribution in [0.5, 0.6) is 5.75 Å². The first-order valence-corrected chi connectivity index (χ1v) is 13.9. The largest absolute Gasteiger partial charge is 0.486 e. The van der Waals surface area contributed by atoms with Gasteiger partial charge in [-0.1, -0.05) is 48.0 Å². The van der Waals surface area contributed by atoms with Crippen LogP contribution in [0.15, 0.2) is 65.6 Å². The van der Waals surface area contributed by atoms with E-state index in [9.17, 15) is 35.2 Å². The van der Waals surface area contributed by atoms with Crippen LogP contribution < -0.4 is 9.04 Å². The van der Waals surface area contributed by atoms with E-state index in [1.54, 1.807) is 0 Å². The predicted molar refractivity (Wildman–Crippen MR) is 143 cm³/mol. The van der Waals surface area contributed by atoms with Gasteiger partial charge in [0.2, 0.25) is 0 Å². The Morgan fingerprint density at radius 2 is 1.85 bits per heavy atom. The smallest absolute Gasteiger partial charge is 0.417 e. The molecule has 0 N–H and O–H groups in total. The fourth-order valence-electron chi connectivity index (χ4n) is 4.26. The number of ether oxygens (including phenoxy) is 2. The third kappa shape index (κ3) is 6.82. The number of benzene rings is 3. The van der Waals surface area contributed by atoms with Crippen LogP contribution in [-0.2, 0) is 25.7 Å². The van der Waals surface area contributed by atoms with Gasteiger partial charge in [-0.15, -0.1) is 0 Å². The summed E-state index contributed by atoms with van der Waals surface area (Å²) in [7, 11) is -3.21. The minimum atomic E-state index is -4.66. The number of alkyl halides is 5. The molecule has 0 saturated heterocycles. The molecule has 3 aromatic carbocycles. The third-order valence-corrected chi connectivity index (χ3v) is 8.42. The zero-order chi connectivity index (χ0) is 29.9. The number of carbonyl (C=O) groups excluding carboxylic acids is 1. The standard InChI is InChI=1S/C28H23ClF5NO5S/c1-39-26(36)13-10-19-16-35(41(37,38)20-5-2-4-18(15-20)27(30)31)24-14-17(9-12-25(24)40-19)8-11-21-22(28(32,33)34)6-3-7-23(21)29/h2-9,11-12,14-15,19,27H,10,13,16H2,1H3/b11-8+/t19-/m0/s1. The Morgan fingerprint density at radius 1 is 1.12 bits per heavy atom. The van der Waals surface area contributed by atoms with Gasteiger partial charge in [-0.25, -0.2) is 17.2 Å². The van der Waals surface area contributed by atoms with Crippen LogP contribution in [0, 0.1) is 0 Å². The maximum Gasteiger partial charge on any atom is 0.417 e. The highest BCUT2D eigenvalue weighted by atomic mass is 35.5. The quantitative estimate of drug-likeness (QED) is 0.150. The number of fused-ring (bicyclic) bond motifs is 1. The molecule has 4 rings (SSSR count). The van der Waals surface area contributed by atoms with Gasteiger partial charge >= 0.3 is 12.1 Å². The molecule has 0 amide bonds. The summed E-state index contributed by atoms with van der Waals surface area (Å²) in [6, 6.07) is 12.1. The van der Waals surface area contributed by atoms with Gasteiger partial charge in [-0.2, -0.15) is 13.2 Å². The van der Waals surface area contributed by atoms with E-state index in [-0.39, 0.29) is 46.3 Å². The number of carbonyl (C=O) groups is 1. The Balaban J connectivity index is 1.76. The zero-order valence-electron chi connectivity index (χ0n) is 21.4. The molecular weight excluding hydrogens is 593 g/mol. The van der Waals surface area contributed by atoms with Crippen molar-refractivity contribution in [3.8, 4) is 5.75 Å². The first kappa shape index (κ1) is 30.3. The number of anilines is 1. The second-order valence-corrected chi connectivity index (χ2v) is 11.3. The number of rotatable bonds is 8. The summed E-state index contributed by atoms with van der Waals surface area (Å²) in [5.74, 6) is -0.415. The molecule has 0 bridgehead atoms. The number of esters is 1. The normalized spacial score (nSPS) is 15.6. The van der Waals surface area contributed by atoms with Crippen LogP contribution in [0.25, 0.3) is 12.2 Å². The van der Waals surface area contributed by atoms with E-state index in [1.165, 1.54) is 61.7 Å². The monoisotopic (exact) mass is 615 g/mol. The van der Waals surface area contributed by atoms with Gasteiger partial charge in [-0.3, -0.25) is 9.10 Å². The molecule has 1 aliphatic rings. The van der Waals surface area contributed by atoms with Crippen LogP contribution in [0.2, 0.25) is 5.02 Å². The number of hydrogen-bond acceptors (Lipinski definition) is 5. The van der Waals surface area contributed by atoms with Crippen LogP contribution in [0.3, 0.4) is 0 Å². The molecule has 0 aliphatic carbocycles. The fourth-order valence-corrected chi connectivity index (χ4v) is 6.05. The number of methoxy groups -OCH3 is 1. The summed E-state index contributed by atoms with van der Waals surface area (Å²) in [5, 5.41) is -0.131. The summed E-state index contributed by atoms with van der Waals surface area (Å²) in [6.45, 7) is -0.263. The van der Waals surface area contributed by atoms with Gasteiger partial charge < -0.3 is 9.47 Å². The Kier molecular flexibility index (Phi) is 8.93. The van der Waals surface area contributed by atoms with Crippen molar-refractivity contribution >= 4 is 45.4 Å². The molecule has 0 unspecified atom stereocenters. The van der Waals surface area contributed by atoms with Crippen LogP contribution in [0.1, 0.15) is 41.5 Å². The molecule has 218 valence electrons. The summed E-state index contributed by atoms with van der Waals surface area (Å²) in [6.07, 6.45) is -5.81. The molecule has 1 heterocycles. The highest BCUT2D eigenvalue weighted by Crippen LogP contribution is 2.40. The van der Waals surface area contributed by atoms with E-state index in [0.29, 0.717) is 5.56 Å². The van der Waals surface area contributed by atoms with Gasteiger partial charge in [0.25, 0.3) is 16.4 Å². The van der Waals surface area contributed by atoms with Crippen molar-refractivity contribution in [2.75, 3.05) is 18.0 Å². The van der Waals surface area contributed by atoms with Crippen molar-refractivity contribution < 1.29 is 44.6 Å². The lowest BCUT2D eigenvalue weighted by atomic mass is 10.0. The molecule has 0 spiro atoms. The fraction of sp³-hybridized carbons (Fsp3) is 0.250. The summed E-state index contributed by atoms with van der Waals surface area (Å²) in [4.78, 5) is 11.3. The molecule has 3 aromatic rings. The van der Waals surface area contributed by atoms with Crippen LogP contribution in [-0.4, -0.2) is 34.1 Å². The van der Waals surface area contributed by atoms with Crippen LogP contribution >= 0.6 is 11.6 Å². The molecule has 6 nitrogen and oxygen atoms in total. The zero-order valence-corrected chi connectivity index (χ0v) is 22.9. The first-order valence-electron chi connectivity index (χ1n) is 12.1. The molecule has 0 radical (unpaired) electrons. The lowest BCUT2D eigenvalue weighted by molar-refractivity contribution is -0.141. The molecule has 1 atom stereocenters. The van der Waals surface area contributed by atoms with Crippen molar-refractivity contribution in [1.29, 1.82) is 0 Å². The molecule has 13 heteroatoms. The Morgan fingerprint density at radius 3 is 2.54 bits per heavy atom. The average molecular weight is 616 g/mol. The van der Waals surface area contributed by atoms with Crippen molar-refractivity contribution in [3.05, 3.63) is 87.9 Å². The minimum Gasteiger partial charge on any atom is -0.486 e. The lowest BCUT2D eigenvalue weighted by Crippen LogP contribution is -2.43.